The van der Waals surface area contributed by atoms with Crippen LogP contribution >= 0.6 is 0 Å². The molecule has 0 saturated heterocycles. The largest absolute Gasteiger partial charge is 0.490 e. The third-order valence-electron chi connectivity index (χ3n) is 2.86. The fourth-order valence-corrected chi connectivity index (χ4v) is 1.80. The van der Waals surface area contributed by atoms with Gasteiger partial charge in [0.2, 0.25) is 0 Å². The van der Waals surface area contributed by atoms with Crippen molar-refractivity contribution in [3.05, 3.63) is 35.4 Å². The lowest BCUT2D eigenvalue weighted by Gasteiger charge is -2.15. The smallest absolute Gasteiger partial charge is 0.126 e. The van der Waals surface area contributed by atoms with Crippen LogP contribution in [-0.4, -0.2) is 18.7 Å². The van der Waals surface area contributed by atoms with E-state index in [0.717, 1.165) is 17.9 Å². The van der Waals surface area contributed by atoms with Crippen LogP contribution in [0.1, 0.15) is 40.2 Å². The molecular formula is C16H25NO. The predicted molar refractivity (Wildman–Crippen MR) is 79.0 cm³/mol. The van der Waals surface area contributed by atoms with Crippen molar-refractivity contribution in [1.29, 1.82) is 0 Å². The number of benzene rings is 1. The molecule has 100 valence electrons. The second kappa shape index (κ2) is 7.22. The van der Waals surface area contributed by atoms with Gasteiger partial charge < -0.3 is 10.1 Å². The molecule has 2 nitrogen and oxygen atoms in total. The summed E-state index contributed by atoms with van der Waals surface area (Å²) < 4.78 is 5.82. The van der Waals surface area contributed by atoms with Gasteiger partial charge in [0.1, 0.15) is 5.75 Å². The van der Waals surface area contributed by atoms with Crippen molar-refractivity contribution in [3.63, 3.8) is 0 Å². The Kier molecular flexibility index (Phi) is 5.93. The van der Waals surface area contributed by atoms with Crippen LogP contribution in [-0.2, 0) is 0 Å². The molecule has 18 heavy (non-hydrogen) atoms. The second-order valence-corrected chi connectivity index (χ2v) is 4.87. The molecule has 0 amide bonds. The number of likely N-dealkylation sites (N-methyl/N-ethyl adjacent to an activating group) is 1. The molecule has 0 radical (unpaired) electrons. The van der Waals surface area contributed by atoms with Gasteiger partial charge in [0, 0.05) is 11.6 Å². The van der Waals surface area contributed by atoms with E-state index in [9.17, 15) is 0 Å². The molecule has 1 rings (SSSR count). The van der Waals surface area contributed by atoms with E-state index in [1.54, 1.807) is 0 Å². The molecule has 1 N–H and O–H groups in total. The van der Waals surface area contributed by atoms with Crippen LogP contribution < -0.4 is 10.1 Å². The SMILES string of the molecule is CCNC(C)/C(C)=C/c1ccccc1OC(C)C. The van der Waals surface area contributed by atoms with Crippen molar-refractivity contribution in [2.45, 2.75) is 46.8 Å². The van der Waals surface area contributed by atoms with Crippen molar-refractivity contribution >= 4 is 6.08 Å². The highest BCUT2D eigenvalue weighted by Crippen LogP contribution is 2.22. The average Bonchev–Trinajstić information content (AvgIpc) is 2.31. The summed E-state index contributed by atoms with van der Waals surface area (Å²) in [4.78, 5) is 0. The summed E-state index contributed by atoms with van der Waals surface area (Å²) in [5, 5.41) is 3.42. The molecule has 2 heteroatoms. The van der Waals surface area contributed by atoms with Gasteiger partial charge in [0.25, 0.3) is 0 Å². The summed E-state index contributed by atoms with van der Waals surface area (Å²) in [6.07, 6.45) is 2.40. The molecule has 0 saturated carbocycles. The van der Waals surface area contributed by atoms with Crippen molar-refractivity contribution in [1.82, 2.24) is 5.32 Å². The van der Waals surface area contributed by atoms with E-state index in [-0.39, 0.29) is 6.10 Å². The zero-order chi connectivity index (χ0) is 13.5. The number of ether oxygens (including phenoxy) is 1. The van der Waals surface area contributed by atoms with Gasteiger partial charge in [0.15, 0.2) is 0 Å². The summed E-state index contributed by atoms with van der Waals surface area (Å²) in [6.45, 7) is 11.5. The van der Waals surface area contributed by atoms with E-state index in [4.69, 9.17) is 4.74 Å². The Labute approximate surface area is 111 Å². The van der Waals surface area contributed by atoms with E-state index in [1.165, 1.54) is 5.57 Å². The van der Waals surface area contributed by atoms with Gasteiger partial charge in [-0.05, 0) is 40.3 Å². The molecule has 1 atom stereocenters. The Morgan fingerprint density at radius 3 is 2.56 bits per heavy atom. The first kappa shape index (κ1) is 14.8. The van der Waals surface area contributed by atoms with Gasteiger partial charge in [-0.15, -0.1) is 0 Å². The number of rotatable bonds is 6. The van der Waals surface area contributed by atoms with Crippen molar-refractivity contribution in [2.24, 2.45) is 0 Å². The van der Waals surface area contributed by atoms with Crippen LogP contribution in [0, 0.1) is 0 Å². The van der Waals surface area contributed by atoms with Gasteiger partial charge >= 0.3 is 0 Å². The van der Waals surface area contributed by atoms with Crippen LogP contribution in [0.2, 0.25) is 0 Å². The van der Waals surface area contributed by atoms with Crippen LogP contribution in [0.5, 0.6) is 5.75 Å². The molecule has 0 aromatic heterocycles. The number of hydrogen-bond donors (Lipinski definition) is 1. The highest BCUT2D eigenvalue weighted by atomic mass is 16.5. The first-order valence-corrected chi connectivity index (χ1v) is 6.71. The number of para-hydroxylation sites is 1. The quantitative estimate of drug-likeness (QED) is 0.824. The maximum absolute atomic E-state index is 5.82. The Bertz CT molecular complexity index is 396. The fraction of sp³-hybridized carbons (Fsp3) is 0.500. The summed E-state index contributed by atoms with van der Waals surface area (Å²) in [5.74, 6) is 0.954. The zero-order valence-electron chi connectivity index (χ0n) is 12.2. The normalized spacial score (nSPS) is 13.8. The van der Waals surface area contributed by atoms with Crippen LogP contribution in [0.15, 0.2) is 29.8 Å². The van der Waals surface area contributed by atoms with Gasteiger partial charge in [-0.3, -0.25) is 0 Å². The first-order valence-electron chi connectivity index (χ1n) is 6.71. The van der Waals surface area contributed by atoms with E-state index < -0.39 is 0 Å². The lowest BCUT2D eigenvalue weighted by molar-refractivity contribution is 0.242. The van der Waals surface area contributed by atoms with Crippen molar-refractivity contribution < 1.29 is 4.74 Å². The molecule has 1 aromatic rings. The summed E-state index contributed by atoms with van der Waals surface area (Å²) in [6, 6.07) is 8.57. The topological polar surface area (TPSA) is 21.3 Å². The highest BCUT2D eigenvalue weighted by Gasteiger charge is 2.06. The summed E-state index contributed by atoms with van der Waals surface area (Å²) >= 11 is 0. The highest BCUT2D eigenvalue weighted by molar-refractivity contribution is 5.60. The lowest BCUT2D eigenvalue weighted by Crippen LogP contribution is -2.26. The summed E-state index contributed by atoms with van der Waals surface area (Å²) in [5.41, 5.74) is 2.46. The Balaban J connectivity index is 2.91. The first-order chi connectivity index (χ1) is 8.54. The van der Waals surface area contributed by atoms with Crippen molar-refractivity contribution in [2.75, 3.05) is 6.54 Å². The third kappa shape index (κ3) is 4.53. The minimum atomic E-state index is 0.200. The van der Waals surface area contributed by atoms with E-state index >= 15 is 0 Å². The Morgan fingerprint density at radius 1 is 1.28 bits per heavy atom. The molecule has 0 heterocycles. The molecule has 0 bridgehead atoms. The molecule has 0 fully saturated rings. The minimum Gasteiger partial charge on any atom is -0.490 e. The third-order valence-corrected chi connectivity index (χ3v) is 2.86. The maximum atomic E-state index is 5.82. The second-order valence-electron chi connectivity index (χ2n) is 4.87. The van der Waals surface area contributed by atoms with Gasteiger partial charge in [-0.2, -0.15) is 0 Å². The van der Waals surface area contributed by atoms with Gasteiger partial charge in [0.05, 0.1) is 6.10 Å². The van der Waals surface area contributed by atoms with E-state index in [0.29, 0.717) is 6.04 Å². The molecule has 1 aromatic carbocycles. The summed E-state index contributed by atoms with van der Waals surface area (Å²) in [7, 11) is 0. The van der Waals surface area contributed by atoms with E-state index in [1.807, 2.05) is 18.2 Å². The van der Waals surface area contributed by atoms with Crippen LogP contribution in [0.4, 0.5) is 0 Å². The zero-order valence-corrected chi connectivity index (χ0v) is 12.2. The lowest BCUT2D eigenvalue weighted by atomic mass is 10.1. The van der Waals surface area contributed by atoms with E-state index in [2.05, 4.69) is 52.1 Å². The van der Waals surface area contributed by atoms with Gasteiger partial charge in [-0.1, -0.05) is 36.8 Å². The van der Waals surface area contributed by atoms with Gasteiger partial charge in [-0.25, -0.2) is 0 Å². The molecular weight excluding hydrogens is 222 g/mol. The molecule has 0 spiro atoms. The number of hydrogen-bond acceptors (Lipinski definition) is 2. The monoisotopic (exact) mass is 247 g/mol. The molecule has 0 aliphatic rings. The Morgan fingerprint density at radius 2 is 1.94 bits per heavy atom. The molecule has 1 unspecified atom stereocenters. The molecule has 0 aliphatic heterocycles. The predicted octanol–water partition coefficient (Wildman–Crippen LogP) is 3.88. The Hall–Kier alpha value is -1.28. The minimum absolute atomic E-state index is 0.200. The standard InChI is InChI=1S/C16H25NO/c1-6-17-14(5)13(4)11-15-9-7-8-10-16(15)18-12(2)3/h7-12,14,17H,6H2,1-5H3/b13-11+. The van der Waals surface area contributed by atoms with Crippen molar-refractivity contribution in [3.8, 4) is 5.75 Å². The fourth-order valence-electron chi connectivity index (χ4n) is 1.80. The molecule has 0 aliphatic carbocycles. The maximum Gasteiger partial charge on any atom is 0.126 e. The average molecular weight is 247 g/mol. The van der Waals surface area contributed by atoms with Crippen LogP contribution in [0.25, 0.3) is 6.08 Å². The number of nitrogens with one attached hydrogen (secondary N) is 1. The van der Waals surface area contributed by atoms with Crippen LogP contribution in [0.3, 0.4) is 0 Å².